The van der Waals surface area contributed by atoms with Crippen LogP contribution in [0.25, 0.3) is 0 Å². The van der Waals surface area contributed by atoms with E-state index in [0.29, 0.717) is 23.2 Å². The molecule has 0 atom stereocenters. The highest BCUT2D eigenvalue weighted by Crippen LogP contribution is 2.30. The van der Waals surface area contributed by atoms with Gasteiger partial charge in [0.05, 0.1) is 22.6 Å². The molecule has 1 heterocycles. The Morgan fingerprint density at radius 1 is 1.24 bits per heavy atom. The van der Waals surface area contributed by atoms with Gasteiger partial charge in [0.25, 0.3) is 0 Å². The second-order valence-electron chi connectivity index (χ2n) is 5.63. The molecule has 0 unspecified atom stereocenters. The molecule has 0 bridgehead atoms. The van der Waals surface area contributed by atoms with E-state index in [4.69, 9.17) is 16.3 Å². The Morgan fingerprint density at radius 3 is 2.57 bits per heavy atom. The SMILES string of the molecule is CC(C)(C)NCc1cnc(Oc2ccc(Cl)cc2Br)cn1. The van der Waals surface area contributed by atoms with Crippen molar-refractivity contribution in [2.24, 2.45) is 0 Å². The summed E-state index contributed by atoms with van der Waals surface area (Å²) in [4.78, 5) is 8.59. The van der Waals surface area contributed by atoms with Gasteiger partial charge >= 0.3 is 0 Å². The maximum atomic E-state index is 5.89. The number of nitrogens with one attached hydrogen (secondary N) is 1. The van der Waals surface area contributed by atoms with Crippen molar-refractivity contribution < 1.29 is 4.74 Å². The van der Waals surface area contributed by atoms with Gasteiger partial charge in [0, 0.05) is 17.1 Å². The molecule has 0 aliphatic heterocycles. The Kier molecular flexibility index (Phi) is 5.19. The van der Waals surface area contributed by atoms with Gasteiger partial charge in [-0.25, -0.2) is 4.98 Å². The molecule has 0 saturated carbocycles. The Bertz CT molecular complexity index is 611. The quantitative estimate of drug-likeness (QED) is 0.856. The fourth-order valence-electron chi connectivity index (χ4n) is 1.51. The van der Waals surface area contributed by atoms with Gasteiger partial charge in [-0.15, -0.1) is 0 Å². The van der Waals surface area contributed by atoms with Gasteiger partial charge in [-0.3, -0.25) is 4.98 Å². The van der Waals surface area contributed by atoms with Gasteiger partial charge in [-0.2, -0.15) is 0 Å². The highest BCUT2D eigenvalue weighted by Gasteiger charge is 2.09. The zero-order chi connectivity index (χ0) is 15.5. The predicted octanol–water partition coefficient (Wildman–Crippen LogP) is 4.57. The maximum Gasteiger partial charge on any atom is 0.237 e. The van der Waals surface area contributed by atoms with E-state index in [2.05, 4.69) is 52.0 Å². The number of hydrogen-bond donors (Lipinski definition) is 1. The second-order valence-corrected chi connectivity index (χ2v) is 6.92. The van der Waals surface area contributed by atoms with Crippen LogP contribution in [0.3, 0.4) is 0 Å². The first-order chi connectivity index (χ1) is 9.83. The zero-order valence-electron chi connectivity index (χ0n) is 12.2. The van der Waals surface area contributed by atoms with Crippen molar-refractivity contribution in [1.82, 2.24) is 15.3 Å². The minimum atomic E-state index is 0.0466. The van der Waals surface area contributed by atoms with E-state index >= 15 is 0 Å². The molecule has 6 heteroatoms. The molecule has 0 spiro atoms. The van der Waals surface area contributed by atoms with E-state index in [1.54, 1.807) is 30.6 Å². The number of halogens is 2. The minimum absolute atomic E-state index is 0.0466. The number of benzene rings is 1. The first-order valence-corrected chi connectivity index (χ1v) is 7.69. The molecule has 0 saturated heterocycles. The number of hydrogen-bond acceptors (Lipinski definition) is 4. The molecule has 21 heavy (non-hydrogen) atoms. The predicted molar refractivity (Wildman–Crippen MR) is 87.9 cm³/mol. The van der Waals surface area contributed by atoms with Crippen molar-refractivity contribution in [2.75, 3.05) is 0 Å². The minimum Gasteiger partial charge on any atom is -0.436 e. The summed E-state index contributed by atoms with van der Waals surface area (Å²) in [5.74, 6) is 1.09. The molecule has 0 radical (unpaired) electrons. The van der Waals surface area contributed by atoms with E-state index in [1.165, 1.54) is 0 Å². The van der Waals surface area contributed by atoms with Crippen LogP contribution in [0, 0.1) is 0 Å². The van der Waals surface area contributed by atoms with E-state index in [9.17, 15) is 0 Å². The van der Waals surface area contributed by atoms with Gasteiger partial charge < -0.3 is 10.1 Å². The topological polar surface area (TPSA) is 47.0 Å². The van der Waals surface area contributed by atoms with Gasteiger partial charge in [-0.05, 0) is 54.9 Å². The van der Waals surface area contributed by atoms with Crippen molar-refractivity contribution in [1.29, 1.82) is 0 Å². The average molecular weight is 371 g/mol. The summed E-state index contributed by atoms with van der Waals surface area (Å²) in [5, 5.41) is 4.00. The summed E-state index contributed by atoms with van der Waals surface area (Å²) in [7, 11) is 0. The monoisotopic (exact) mass is 369 g/mol. The zero-order valence-corrected chi connectivity index (χ0v) is 14.5. The van der Waals surface area contributed by atoms with Gasteiger partial charge in [0.2, 0.25) is 5.88 Å². The van der Waals surface area contributed by atoms with Crippen LogP contribution in [0.4, 0.5) is 0 Å². The number of aromatic nitrogens is 2. The summed E-state index contributed by atoms with van der Waals surface area (Å²) in [6.45, 7) is 6.99. The number of rotatable bonds is 4. The van der Waals surface area contributed by atoms with E-state index in [1.807, 2.05) is 0 Å². The lowest BCUT2D eigenvalue weighted by Gasteiger charge is -2.19. The summed E-state index contributed by atoms with van der Waals surface area (Å²) in [6.07, 6.45) is 3.32. The fraction of sp³-hybridized carbons (Fsp3) is 0.333. The summed E-state index contributed by atoms with van der Waals surface area (Å²) in [6, 6.07) is 5.31. The van der Waals surface area contributed by atoms with E-state index in [-0.39, 0.29) is 5.54 Å². The van der Waals surface area contributed by atoms with Crippen LogP contribution in [-0.2, 0) is 6.54 Å². The molecule has 0 amide bonds. The molecule has 0 aliphatic rings. The third-order valence-corrected chi connectivity index (χ3v) is 3.44. The highest BCUT2D eigenvalue weighted by molar-refractivity contribution is 9.10. The molecule has 1 N–H and O–H groups in total. The maximum absolute atomic E-state index is 5.89. The first-order valence-electron chi connectivity index (χ1n) is 6.52. The third kappa shape index (κ3) is 5.26. The van der Waals surface area contributed by atoms with Crippen molar-refractivity contribution in [3.05, 3.63) is 45.8 Å². The van der Waals surface area contributed by atoms with Gasteiger partial charge in [0.15, 0.2) is 0 Å². The third-order valence-electron chi connectivity index (χ3n) is 2.59. The molecule has 0 aliphatic carbocycles. The van der Waals surface area contributed by atoms with E-state index in [0.717, 1.165) is 10.2 Å². The molecule has 112 valence electrons. The first kappa shape index (κ1) is 16.2. The van der Waals surface area contributed by atoms with Crippen LogP contribution in [0.5, 0.6) is 11.6 Å². The molecular formula is C15H17BrClN3O. The number of ether oxygens (including phenoxy) is 1. The smallest absolute Gasteiger partial charge is 0.237 e. The summed E-state index contributed by atoms with van der Waals surface area (Å²) < 4.78 is 6.44. The lowest BCUT2D eigenvalue weighted by molar-refractivity contribution is 0.418. The van der Waals surface area contributed by atoms with Crippen LogP contribution in [0.1, 0.15) is 26.5 Å². The fourth-order valence-corrected chi connectivity index (χ4v) is 2.28. The molecule has 1 aromatic carbocycles. The van der Waals surface area contributed by atoms with Crippen molar-refractivity contribution in [3.63, 3.8) is 0 Å². The molecule has 4 nitrogen and oxygen atoms in total. The Hall–Kier alpha value is -1.17. The van der Waals surface area contributed by atoms with Crippen LogP contribution < -0.4 is 10.1 Å². The Morgan fingerprint density at radius 2 is 2.00 bits per heavy atom. The summed E-state index contributed by atoms with van der Waals surface area (Å²) >= 11 is 9.29. The van der Waals surface area contributed by atoms with Gasteiger partial charge in [-0.1, -0.05) is 11.6 Å². The molecule has 2 rings (SSSR count). The van der Waals surface area contributed by atoms with E-state index < -0.39 is 0 Å². The van der Waals surface area contributed by atoms with Crippen molar-refractivity contribution in [2.45, 2.75) is 32.9 Å². The Balaban J connectivity index is 2.02. The standard InChI is InChI=1S/C15H17BrClN3O/c1-15(2,3)20-8-11-7-19-14(9-18-11)21-13-5-4-10(17)6-12(13)16/h4-7,9,20H,8H2,1-3H3. The molecule has 2 aromatic rings. The molecular weight excluding hydrogens is 354 g/mol. The lowest BCUT2D eigenvalue weighted by atomic mass is 10.1. The second kappa shape index (κ2) is 6.73. The Labute approximate surface area is 138 Å². The van der Waals surface area contributed by atoms with Crippen molar-refractivity contribution >= 4 is 27.5 Å². The summed E-state index contributed by atoms with van der Waals surface area (Å²) in [5.41, 5.74) is 0.915. The van der Waals surface area contributed by atoms with Crippen LogP contribution in [-0.4, -0.2) is 15.5 Å². The number of nitrogens with zero attached hydrogens (tertiary/aromatic N) is 2. The largest absolute Gasteiger partial charge is 0.436 e. The lowest BCUT2D eigenvalue weighted by Crippen LogP contribution is -2.35. The van der Waals surface area contributed by atoms with Crippen LogP contribution in [0.2, 0.25) is 5.02 Å². The normalized spacial score (nSPS) is 11.5. The molecule has 0 fully saturated rings. The average Bonchev–Trinajstić information content (AvgIpc) is 2.40. The molecule has 1 aromatic heterocycles. The van der Waals surface area contributed by atoms with Crippen molar-refractivity contribution in [3.8, 4) is 11.6 Å². The van der Waals surface area contributed by atoms with Gasteiger partial charge in [0.1, 0.15) is 5.75 Å². The highest BCUT2D eigenvalue weighted by atomic mass is 79.9. The van der Waals surface area contributed by atoms with Crippen LogP contribution >= 0.6 is 27.5 Å². The van der Waals surface area contributed by atoms with Crippen LogP contribution in [0.15, 0.2) is 35.1 Å².